The Morgan fingerprint density at radius 3 is 2.13 bits per heavy atom. The van der Waals surface area contributed by atoms with Crippen molar-refractivity contribution in [3.63, 3.8) is 0 Å². The smallest absolute Gasteiger partial charge is 0.416 e. The van der Waals surface area contributed by atoms with Crippen LogP contribution in [-0.2, 0) is 12.7 Å². The Balaban J connectivity index is 1.42. The van der Waals surface area contributed by atoms with Crippen molar-refractivity contribution >= 4 is 5.91 Å². The van der Waals surface area contributed by atoms with Gasteiger partial charge in [-0.25, -0.2) is 0 Å². The van der Waals surface area contributed by atoms with Crippen LogP contribution >= 0.6 is 0 Å². The summed E-state index contributed by atoms with van der Waals surface area (Å²) in [6.45, 7) is -0.0192. The van der Waals surface area contributed by atoms with Gasteiger partial charge < -0.3 is 9.73 Å². The summed E-state index contributed by atoms with van der Waals surface area (Å²) >= 11 is 0. The Morgan fingerprint density at radius 2 is 1.48 bits per heavy atom. The number of benzene rings is 3. The Bertz CT molecular complexity index is 1190. The van der Waals surface area contributed by atoms with Crippen LogP contribution < -0.4 is 5.32 Å². The van der Waals surface area contributed by atoms with Gasteiger partial charge in [0, 0.05) is 23.2 Å². The Kier molecular flexibility index (Phi) is 5.53. The van der Waals surface area contributed by atoms with Gasteiger partial charge in [0.1, 0.15) is 0 Å². The first-order valence-electron chi connectivity index (χ1n) is 9.34. The highest BCUT2D eigenvalue weighted by atomic mass is 19.4. The predicted molar refractivity (Wildman–Crippen MR) is 108 cm³/mol. The zero-order chi connectivity index (χ0) is 21.8. The monoisotopic (exact) mass is 423 g/mol. The molecule has 0 spiro atoms. The second-order valence-electron chi connectivity index (χ2n) is 6.74. The van der Waals surface area contributed by atoms with Gasteiger partial charge >= 0.3 is 6.18 Å². The molecule has 0 saturated carbocycles. The van der Waals surface area contributed by atoms with E-state index in [4.69, 9.17) is 4.42 Å². The molecule has 0 atom stereocenters. The van der Waals surface area contributed by atoms with Crippen molar-refractivity contribution in [2.75, 3.05) is 0 Å². The van der Waals surface area contributed by atoms with Crippen LogP contribution in [0.15, 0.2) is 83.3 Å². The highest BCUT2D eigenvalue weighted by molar-refractivity contribution is 5.94. The van der Waals surface area contributed by atoms with Gasteiger partial charge in [0.2, 0.25) is 11.8 Å². The second kappa shape index (κ2) is 8.43. The maximum absolute atomic E-state index is 12.8. The van der Waals surface area contributed by atoms with Crippen LogP contribution in [0.4, 0.5) is 13.2 Å². The first-order chi connectivity index (χ1) is 14.9. The molecule has 0 saturated heterocycles. The normalized spacial score (nSPS) is 11.3. The average molecular weight is 423 g/mol. The summed E-state index contributed by atoms with van der Waals surface area (Å²) in [5.41, 5.74) is 1.41. The van der Waals surface area contributed by atoms with E-state index in [1.54, 1.807) is 24.3 Å². The lowest BCUT2D eigenvalue weighted by atomic mass is 10.1. The molecule has 156 valence electrons. The van der Waals surface area contributed by atoms with E-state index in [-0.39, 0.29) is 6.54 Å². The molecule has 1 N–H and O–H groups in total. The van der Waals surface area contributed by atoms with Crippen molar-refractivity contribution in [3.8, 4) is 22.9 Å². The number of amides is 1. The standard InChI is InChI=1S/C23H16F3N3O2/c24-23(25,26)19-8-4-5-15(13-19)14-27-20(30)16-9-11-18(12-10-16)22-29-28-21(31-22)17-6-2-1-3-7-17/h1-13H,14H2,(H,27,30). The lowest BCUT2D eigenvalue weighted by molar-refractivity contribution is -0.137. The largest absolute Gasteiger partial charge is 0.416 e. The zero-order valence-corrected chi connectivity index (χ0v) is 16.1. The van der Waals surface area contributed by atoms with Crippen LogP contribution in [0.3, 0.4) is 0 Å². The Hall–Kier alpha value is -3.94. The Labute approximate surface area is 175 Å². The third-order valence-corrected chi connectivity index (χ3v) is 4.55. The number of aromatic nitrogens is 2. The average Bonchev–Trinajstić information content (AvgIpc) is 3.28. The van der Waals surface area contributed by atoms with Crippen LogP contribution in [0.5, 0.6) is 0 Å². The van der Waals surface area contributed by atoms with E-state index in [1.807, 2.05) is 30.3 Å². The van der Waals surface area contributed by atoms with E-state index < -0.39 is 17.6 Å². The molecule has 8 heteroatoms. The maximum Gasteiger partial charge on any atom is 0.416 e. The molecule has 0 radical (unpaired) electrons. The van der Waals surface area contributed by atoms with Crippen molar-refractivity contribution < 1.29 is 22.4 Å². The van der Waals surface area contributed by atoms with Crippen molar-refractivity contribution in [3.05, 3.63) is 95.6 Å². The molecule has 1 heterocycles. The highest BCUT2D eigenvalue weighted by Crippen LogP contribution is 2.29. The molecular weight excluding hydrogens is 407 g/mol. The van der Waals surface area contributed by atoms with Gasteiger partial charge in [-0.1, -0.05) is 30.3 Å². The first kappa shape index (κ1) is 20.3. The quantitative estimate of drug-likeness (QED) is 0.470. The van der Waals surface area contributed by atoms with Crippen LogP contribution in [-0.4, -0.2) is 16.1 Å². The summed E-state index contributed by atoms with van der Waals surface area (Å²) in [6, 6.07) is 20.7. The molecule has 1 aromatic heterocycles. The molecule has 5 nitrogen and oxygen atoms in total. The number of carbonyl (C=O) groups is 1. The van der Waals surface area contributed by atoms with E-state index in [2.05, 4.69) is 15.5 Å². The second-order valence-corrected chi connectivity index (χ2v) is 6.74. The number of rotatable bonds is 5. The molecule has 31 heavy (non-hydrogen) atoms. The zero-order valence-electron chi connectivity index (χ0n) is 16.1. The molecule has 0 aliphatic carbocycles. The minimum Gasteiger partial charge on any atom is -0.416 e. The molecule has 0 aliphatic heterocycles. The summed E-state index contributed by atoms with van der Waals surface area (Å²) in [5.74, 6) is 0.299. The molecular formula is C23H16F3N3O2. The van der Waals surface area contributed by atoms with Crippen LogP contribution in [0.1, 0.15) is 21.5 Å². The van der Waals surface area contributed by atoms with E-state index in [1.165, 1.54) is 12.1 Å². The summed E-state index contributed by atoms with van der Waals surface area (Å²) in [4.78, 5) is 12.4. The number of halogens is 3. The van der Waals surface area contributed by atoms with E-state index in [9.17, 15) is 18.0 Å². The van der Waals surface area contributed by atoms with Crippen molar-refractivity contribution in [2.45, 2.75) is 12.7 Å². The number of alkyl halides is 3. The molecule has 4 rings (SSSR count). The summed E-state index contributed by atoms with van der Waals surface area (Å²) < 4.78 is 44.1. The van der Waals surface area contributed by atoms with E-state index in [0.29, 0.717) is 28.5 Å². The molecule has 3 aromatic carbocycles. The fourth-order valence-electron chi connectivity index (χ4n) is 2.94. The fourth-order valence-corrected chi connectivity index (χ4v) is 2.94. The van der Waals surface area contributed by atoms with E-state index in [0.717, 1.165) is 17.7 Å². The van der Waals surface area contributed by atoms with Crippen LogP contribution in [0, 0.1) is 0 Å². The number of nitrogens with zero attached hydrogens (tertiary/aromatic N) is 2. The SMILES string of the molecule is O=C(NCc1cccc(C(F)(F)F)c1)c1ccc(-c2nnc(-c3ccccc3)o2)cc1. The van der Waals surface area contributed by atoms with Crippen LogP contribution in [0.25, 0.3) is 22.9 Å². The number of hydrogen-bond donors (Lipinski definition) is 1. The van der Waals surface area contributed by atoms with Gasteiger partial charge in [-0.2, -0.15) is 13.2 Å². The third-order valence-electron chi connectivity index (χ3n) is 4.55. The highest BCUT2D eigenvalue weighted by Gasteiger charge is 2.30. The van der Waals surface area contributed by atoms with Gasteiger partial charge in [-0.3, -0.25) is 4.79 Å². The molecule has 0 unspecified atom stereocenters. The van der Waals surface area contributed by atoms with Gasteiger partial charge in [0.05, 0.1) is 5.56 Å². The predicted octanol–water partition coefficient (Wildman–Crippen LogP) is 5.35. The van der Waals surface area contributed by atoms with Gasteiger partial charge in [0.15, 0.2) is 0 Å². The van der Waals surface area contributed by atoms with Gasteiger partial charge in [0.25, 0.3) is 5.91 Å². The lowest BCUT2D eigenvalue weighted by Crippen LogP contribution is -2.23. The molecule has 4 aromatic rings. The third kappa shape index (κ3) is 4.80. The number of carbonyl (C=O) groups excluding carboxylic acids is 1. The Morgan fingerprint density at radius 1 is 0.839 bits per heavy atom. The lowest BCUT2D eigenvalue weighted by Gasteiger charge is -2.10. The van der Waals surface area contributed by atoms with Gasteiger partial charge in [-0.05, 0) is 54.1 Å². The topological polar surface area (TPSA) is 68.0 Å². The maximum atomic E-state index is 12.8. The van der Waals surface area contributed by atoms with E-state index >= 15 is 0 Å². The minimum absolute atomic E-state index is 0.0192. The summed E-state index contributed by atoms with van der Waals surface area (Å²) in [7, 11) is 0. The summed E-state index contributed by atoms with van der Waals surface area (Å²) in [6.07, 6.45) is -4.43. The van der Waals surface area contributed by atoms with Gasteiger partial charge in [-0.15, -0.1) is 10.2 Å². The molecule has 0 aliphatic rings. The van der Waals surface area contributed by atoms with Crippen molar-refractivity contribution in [2.24, 2.45) is 0 Å². The molecule has 0 fully saturated rings. The number of hydrogen-bond acceptors (Lipinski definition) is 4. The molecule has 1 amide bonds. The minimum atomic E-state index is -4.43. The van der Waals surface area contributed by atoms with Crippen LogP contribution in [0.2, 0.25) is 0 Å². The first-order valence-corrected chi connectivity index (χ1v) is 9.34. The number of nitrogens with one attached hydrogen (secondary N) is 1. The fraction of sp³-hybridized carbons (Fsp3) is 0.0870. The molecule has 0 bridgehead atoms. The van der Waals surface area contributed by atoms with Crippen molar-refractivity contribution in [1.29, 1.82) is 0 Å². The van der Waals surface area contributed by atoms with Crippen molar-refractivity contribution in [1.82, 2.24) is 15.5 Å². The summed E-state index contributed by atoms with van der Waals surface area (Å²) in [5, 5.41) is 10.7.